The molecule has 0 saturated carbocycles. The van der Waals surface area contributed by atoms with Crippen molar-refractivity contribution in [1.29, 1.82) is 0 Å². The molecule has 0 aromatic carbocycles. The van der Waals surface area contributed by atoms with Gasteiger partial charge in [0.2, 0.25) is 5.91 Å². The first kappa shape index (κ1) is 14.1. The Bertz CT molecular complexity index is 540. The highest BCUT2D eigenvalue weighted by molar-refractivity contribution is 5.80. The minimum atomic E-state index is -0.200. The summed E-state index contributed by atoms with van der Waals surface area (Å²) in [4.78, 5) is 30.3. The summed E-state index contributed by atoms with van der Waals surface area (Å²) in [6.45, 7) is 2.10. The number of methoxy groups -OCH3 is 1. The molecule has 114 valence electrons. The third-order valence-corrected chi connectivity index (χ3v) is 4.59. The predicted molar refractivity (Wildman–Crippen MR) is 75.4 cm³/mol. The largest absolute Gasteiger partial charge is 0.469 e. The first-order chi connectivity index (χ1) is 10.2. The standard InChI is InChI=1S/C15H21N3O3/c1-21-15(20)12-3-2-5-17(9-12)14(19)11-4-6-18-10-16-8-13(18)7-11/h8,10-12H,2-7,9H2,1H3. The molecule has 3 rings (SSSR count). The summed E-state index contributed by atoms with van der Waals surface area (Å²) in [6.07, 6.45) is 6.95. The first-order valence-electron chi connectivity index (χ1n) is 7.54. The molecule has 2 unspecified atom stereocenters. The highest BCUT2D eigenvalue weighted by atomic mass is 16.5. The maximum absolute atomic E-state index is 12.7. The fourth-order valence-corrected chi connectivity index (χ4v) is 3.37. The highest BCUT2D eigenvalue weighted by Crippen LogP contribution is 2.25. The Balaban J connectivity index is 1.64. The Morgan fingerprint density at radius 2 is 2.14 bits per heavy atom. The van der Waals surface area contributed by atoms with E-state index in [2.05, 4.69) is 9.55 Å². The molecule has 6 heteroatoms. The number of piperidine rings is 1. The third-order valence-electron chi connectivity index (χ3n) is 4.59. The number of carbonyl (C=O) groups is 2. The smallest absolute Gasteiger partial charge is 0.310 e. The van der Waals surface area contributed by atoms with Crippen LogP contribution in [0.25, 0.3) is 0 Å². The topological polar surface area (TPSA) is 64.4 Å². The van der Waals surface area contributed by atoms with Crippen molar-refractivity contribution in [3.63, 3.8) is 0 Å². The Morgan fingerprint density at radius 1 is 1.29 bits per heavy atom. The fraction of sp³-hybridized carbons (Fsp3) is 0.667. The summed E-state index contributed by atoms with van der Waals surface area (Å²) in [7, 11) is 1.41. The molecule has 1 amide bonds. The number of carbonyl (C=O) groups excluding carboxylic acids is 2. The van der Waals surface area contributed by atoms with Gasteiger partial charge >= 0.3 is 5.97 Å². The number of aromatic nitrogens is 2. The van der Waals surface area contributed by atoms with Crippen molar-refractivity contribution in [2.24, 2.45) is 11.8 Å². The Labute approximate surface area is 124 Å². The molecule has 0 N–H and O–H groups in total. The predicted octanol–water partition coefficient (Wildman–Crippen LogP) is 0.857. The van der Waals surface area contributed by atoms with Crippen LogP contribution in [0.15, 0.2) is 12.5 Å². The van der Waals surface area contributed by atoms with E-state index >= 15 is 0 Å². The molecule has 0 spiro atoms. The second-order valence-corrected chi connectivity index (χ2v) is 5.91. The van der Waals surface area contributed by atoms with Gasteiger partial charge in [-0.05, 0) is 19.3 Å². The molecule has 1 saturated heterocycles. The van der Waals surface area contributed by atoms with Crippen molar-refractivity contribution in [2.75, 3.05) is 20.2 Å². The van der Waals surface area contributed by atoms with Crippen LogP contribution in [-0.4, -0.2) is 46.5 Å². The number of fused-ring (bicyclic) bond motifs is 1. The minimum Gasteiger partial charge on any atom is -0.469 e. The van der Waals surface area contributed by atoms with E-state index in [9.17, 15) is 9.59 Å². The van der Waals surface area contributed by atoms with Crippen molar-refractivity contribution < 1.29 is 14.3 Å². The Kier molecular flexibility index (Phi) is 3.94. The van der Waals surface area contributed by atoms with Crippen LogP contribution in [0.3, 0.4) is 0 Å². The van der Waals surface area contributed by atoms with Crippen molar-refractivity contribution in [3.8, 4) is 0 Å². The molecule has 1 aromatic heterocycles. The lowest BCUT2D eigenvalue weighted by Gasteiger charge is -2.35. The molecular formula is C15H21N3O3. The molecule has 6 nitrogen and oxygen atoms in total. The summed E-state index contributed by atoms with van der Waals surface area (Å²) >= 11 is 0. The van der Waals surface area contributed by atoms with Gasteiger partial charge in [0.15, 0.2) is 0 Å². The molecular weight excluding hydrogens is 270 g/mol. The lowest BCUT2D eigenvalue weighted by Crippen LogP contribution is -2.46. The second-order valence-electron chi connectivity index (χ2n) is 5.91. The number of esters is 1. The zero-order valence-corrected chi connectivity index (χ0v) is 12.3. The summed E-state index contributed by atoms with van der Waals surface area (Å²) in [6, 6.07) is 0. The van der Waals surface area contributed by atoms with E-state index < -0.39 is 0 Å². The van der Waals surface area contributed by atoms with Gasteiger partial charge in [0, 0.05) is 43.9 Å². The molecule has 21 heavy (non-hydrogen) atoms. The average molecular weight is 291 g/mol. The number of amides is 1. The van der Waals surface area contributed by atoms with E-state index in [1.54, 1.807) is 0 Å². The van der Waals surface area contributed by atoms with E-state index in [0.29, 0.717) is 6.54 Å². The van der Waals surface area contributed by atoms with E-state index in [-0.39, 0.29) is 23.7 Å². The normalized spacial score (nSPS) is 25.3. The van der Waals surface area contributed by atoms with Crippen molar-refractivity contribution >= 4 is 11.9 Å². The molecule has 0 radical (unpaired) electrons. The van der Waals surface area contributed by atoms with Crippen molar-refractivity contribution in [3.05, 3.63) is 18.2 Å². The van der Waals surface area contributed by atoms with Gasteiger partial charge in [-0.3, -0.25) is 9.59 Å². The molecule has 0 bridgehead atoms. The maximum Gasteiger partial charge on any atom is 0.310 e. The van der Waals surface area contributed by atoms with Crippen LogP contribution in [0.4, 0.5) is 0 Å². The maximum atomic E-state index is 12.7. The SMILES string of the molecule is COC(=O)C1CCCN(C(=O)C2CCn3cncc3C2)C1. The van der Waals surface area contributed by atoms with E-state index in [1.165, 1.54) is 7.11 Å². The molecule has 1 aromatic rings. The number of ether oxygens (including phenoxy) is 1. The van der Waals surface area contributed by atoms with Crippen LogP contribution in [0.2, 0.25) is 0 Å². The van der Waals surface area contributed by atoms with Crippen LogP contribution in [-0.2, 0) is 27.3 Å². The van der Waals surface area contributed by atoms with Gasteiger partial charge in [0.05, 0.1) is 19.4 Å². The van der Waals surface area contributed by atoms with Gasteiger partial charge in [-0.2, -0.15) is 0 Å². The summed E-state index contributed by atoms with van der Waals surface area (Å²) in [5.41, 5.74) is 1.13. The van der Waals surface area contributed by atoms with E-state index in [0.717, 1.165) is 44.5 Å². The number of hydrogen-bond donors (Lipinski definition) is 0. The number of imidazole rings is 1. The molecule has 2 aliphatic rings. The third kappa shape index (κ3) is 2.80. The Morgan fingerprint density at radius 3 is 2.95 bits per heavy atom. The molecule has 3 heterocycles. The number of rotatable bonds is 2. The first-order valence-corrected chi connectivity index (χ1v) is 7.54. The highest BCUT2D eigenvalue weighted by Gasteiger charge is 2.33. The molecule has 1 fully saturated rings. The van der Waals surface area contributed by atoms with Crippen LogP contribution in [0.1, 0.15) is 25.0 Å². The quantitative estimate of drug-likeness (QED) is 0.758. The molecule has 0 aliphatic carbocycles. The fourth-order valence-electron chi connectivity index (χ4n) is 3.37. The summed E-state index contributed by atoms with van der Waals surface area (Å²) in [5.74, 6) is -0.169. The number of nitrogens with zero attached hydrogens (tertiary/aromatic N) is 3. The van der Waals surface area contributed by atoms with Crippen molar-refractivity contribution in [2.45, 2.75) is 32.2 Å². The van der Waals surface area contributed by atoms with Gasteiger partial charge in [0.25, 0.3) is 0 Å². The molecule has 2 atom stereocenters. The van der Waals surface area contributed by atoms with Gasteiger partial charge in [0.1, 0.15) is 0 Å². The van der Waals surface area contributed by atoms with Gasteiger partial charge in [-0.15, -0.1) is 0 Å². The zero-order chi connectivity index (χ0) is 14.8. The lowest BCUT2D eigenvalue weighted by molar-refractivity contribution is -0.149. The second kappa shape index (κ2) is 5.87. The van der Waals surface area contributed by atoms with Gasteiger partial charge < -0.3 is 14.2 Å². The average Bonchev–Trinajstić information content (AvgIpc) is 3.01. The van der Waals surface area contributed by atoms with Crippen LogP contribution >= 0.6 is 0 Å². The Hall–Kier alpha value is -1.85. The number of likely N-dealkylation sites (tertiary alicyclic amines) is 1. The monoisotopic (exact) mass is 291 g/mol. The van der Waals surface area contributed by atoms with Crippen molar-refractivity contribution in [1.82, 2.24) is 14.5 Å². The van der Waals surface area contributed by atoms with E-state index in [1.807, 2.05) is 17.4 Å². The van der Waals surface area contributed by atoms with Gasteiger partial charge in [-0.1, -0.05) is 0 Å². The lowest BCUT2D eigenvalue weighted by atomic mass is 9.92. The van der Waals surface area contributed by atoms with Crippen LogP contribution in [0.5, 0.6) is 0 Å². The number of aryl methyl sites for hydroxylation is 1. The number of hydrogen-bond acceptors (Lipinski definition) is 4. The van der Waals surface area contributed by atoms with Crippen LogP contribution in [0, 0.1) is 11.8 Å². The minimum absolute atomic E-state index is 0.0191. The summed E-state index contributed by atoms with van der Waals surface area (Å²) < 4.78 is 6.92. The van der Waals surface area contributed by atoms with Crippen LogP contribution < -0.4 is 0 Å². The van der Waals surface area contributed by atoms with Gasteiger partial charge in [-0.25, -0.2) is 4.98 Å². The summed E-state index contributed by atoms with van der Waals surface area (Å²) in [5, 5.41) is 0. The zero-order valence-electron chi connectivity index (χ0n) is 12.3. The molecule has 2 aliphatic heterocycles. The van der Waals surface area contributed by atoms with E-state index in [4.69, 9.17) is 4.74 Å².